The van der Waals surface area contributed by atoms with E-state index in [4.69, 9.17) is 0 Å². The van der Waals surface area contributed by atoms with Gasteiger partial charge in [0.25, 0.3) is 0 Å². The maximum Gasteiger partial charge on any atom is 2.00 e. The minimum atomic E-state index is -4.49. The van der Waals surface area contributed by atoms with Crippen LogP contribution < -0.4 is 0 Å². The Kier molecular flexibility index (Phi) is 29.0. The Morgan fingerprint density at radius 1 is 0.344 bits per heavy atom. The van der Waals surface area contributed by atoms with E-state index in [-0.39, 0.29) is 58.7 Å². The van der Waals surface area contributed by atoms with E-state index in [1.165, 1.54) is 127 Å². The number of unbranched alkanes of at least 4 members (excludes halogenated alkanes) is 20. The topological polar surface area (TPSA) is 114 Å². The molecule has 0 heterocycles. The Labute approximate surface area is 412 Å². The Hall–Kier alpha value is -1.21. The molecule has 336 valence electrons. The van der Waals surface area contributed by atoms with Crippen LogP contribution in [-0.4, -0.2) is 74.8 Å². The van der Waals surface area contributed by atoms with Crippen LogP contribution in [0.3, 0.4) is 0 Å². The van der Waals surface area contributed by atoms with Gasteiger partial charge in [0, 0.05) is 0 Å². The van der Waals surface area contributed by atoms with Crippen LogP contribution in [0, 0.1) is 0 Å². The third-order valence-corrected chi connectivity index (χ3v) is 13.6. The summed E-state index contributed by atoms with van der Waals surface area (Å²) in [5.74, 6) is 0. The molecule has 0 aromatic heterocycles. The number of rotatable bonds is 30. The molecule has 0 aliphatic rings. The van der Waals surface area contributed by atoms with Crippen LogP contribution in [-0.2, 0) is 45.9 Å². The molecule has 0 N–H and O–H groups in total. The van der Waals surface area contributed by atoms with Crippen LogP contribution >= 0.6 is 0 Å². The van der Waals surface area contributed by atoms with Gasteiger partial charge in [0.05, 0.1) is 9.79 Å². The summed E-state index contributed by atoms with van der Waals surface area (Å²) in [4.78, 5) is -0.126. The first-order chi connectivity index (χ1) is 28.9. The maximum absolute atomic E-state index is 11.9. The van der Waals surface area contributed by atoms with Gasteiger partial charge < -0.3 is 9.11 Å². The summed E-state index contributed by atoms with van der Waals surface area (Å²) in [6, 6.07) is 19.1. The Bertz CT molecular complexity index is 1890. The standard InChI is InChI=1S/2C26H40O3S.Ba/c2*1-3-5-7-9-11-13-15-22-17-18-25-24(19-22)20-23(21-26(25)30(27,28)29)16-14-12-10-8-6-4-2;/h2*17-21H,3-16H2,1-2H3,(H,27,28,29);/q;;+2/p-2. The van der Waals surface area contributed by atoms with Crippen LogP contribution in [0.4, 0.5) is 0 Å². The van der Waals surface area contributed by atoms with E-state index in [1.54, 1.807) is 12.1 Å². The van der Waals surface area contributed by atoms with Crippen molar-refractivity contribution in [3.05, 3.63) is 82.9 Å². The summed E-state index contributed by atoms with van der Waals surface area (Å²) < 4.78 is 71.2. The van der Waals surface area contributed by atoms with E-state index in [9.17, 15) is 25.9 Å². The van der Waals surface area contributed by atoms with Crippen molar-refractivity contribution < 1.29 is 25.9 Å². The predicted molar refractivity (Wildman–Crippen MR) is 258 cm³/mol. The second-order valence-corrected chi connectivity index (χ2v) is 20.0. The van der Waals surface area contributed by atoms with Crippen LogP contribution in [0.5, 0.6) is 0 Å². The van der Waals surface area contributed by atoms with Gasteiger partial charge in [-0.2, -0.15) is 0 Å². The first kappa shape index (κ1) is 55.9. The van der Waals surface area contributed by atoms with Gasteiger partial charge in [0.15, 0.2) is 0 Å². The van der Waals surface area contributed by atoms with Gasteiger partial charge in [-0.25, -0.2) is 16.8 Å². The molecule has 4 rings (SSSR count). The van der Waals surface area contributed by atoms with E-state index in [0.717, 1.165) is 86.1 Å². The Morgan fingerprint density at radius 3 is 0.869 bits per heavy atom. The van der Waals surface area contributed by atoms with Gasteiger partial charge in [-0.1, -0.05) is 205 Å². The fourth-order valence-corrected chi connectivity index (χ4v) is 9.84. The fourth-order valence-electron chi connectivity index (χ4n) is 8.34. The quantitative estimate of drug-likeness (QED) is 0.0292. The second-order valence-electron chi connectivity index (χ2n) is 17.3. The number of fused-ring (bicyclic) bond motifs is 2. The molecular weight excluding hydrogens is 922 g/mol. The zero-order valence-corrected chi connectivity index (χ0v) is 44.6. The molecule has 0 saturated carbocycles. The van der Waals surface area contributed by atoms with Gasteiger partial charge in [-0.15, -0.1) is 0 Å². The van der Waals surface area contributed by atoms with E-state index in [0.29, 0.717) is 10.8 Å². The van der Waals surface area contributed by atoms with Crippen molar-refractivity contribution in [3.8, 4) is 0 Å². The van der Waals surface area contributed by atoms with Crippen molar-refractivity contribution >= 4 is 90.7 Å². The summed E-state index contributed by atoms with van der Waals surface area (Å²) in [5, 5.41) is 2.89. The molecule has 0 fully saturated rings. The Morgan fingerprint density at radius 2 is 0.590 bits per heavy atom. The normalized spacial score (nSPS) is 11.8. The molecule has 61 heavy (non-hydrogen) atoms. The van der Waals surface area contributed by atoms with Gasteiger partial charge >= 0.3 is 48.9 Å². The zero-order valence-electron chi connectivity index (χ0n) is 38.5. The van der Waals surface area contributed by atoms with Crippen molar-refractivity contribution in [1.29, 1.82) is 0 Å². The SMILES string of the molecule is CCCCCCCCc1ccc2c(S(=O)(=O)[O-])cc(CCCCCCCC)cc2c1.CCCCCCCCc1ccc2c(S(=O)(=O)[O-])cc(CCCCCCCC)cc2c1.[Ba+2]. The first-order valence-electron chi connectivity index (χ1n) is 23.9. The molecule has 4 aromatic carbocycles. The molecule has 4 aromatic rings. The van der Waals surface area contributed by atoms with Gasteiger partial charge in [-0.05, 0) is 107 Å². The molecule has 0 radical (unpaired) electrons. The van der Waals surface area contributed by atoms with E-state index < -0.39 is 20.2 Å². The second kappa shape index (κ2) is 31.6. The third kappa shape index (κ3) is 22.0. The third-order valence-electron chi connectivity index (χ3n) is 11.9. The molecule has 0 saturated heterocycles. The predicted octanol–water partition coefficient (Wildman–Crippen LogP) is 14.7. The van der Waals surface area contributed by atoms with Crippen molar-refractivity contribution in [2.24, 2.45) is 0 Å². The van der Waals surface area contributed by atoms with E-state index >= 15 is 0 Å². The van der Waals surface area contributed by atoms with Crippen LogP contribution in [0.25, 0.3) is 21.5 Å². The summed E-state index contributed by atoms with van der Waals surface area (Å²) in [5.41, 5.74) is 4.38. The van der Waals surface area contributed by atoms with Crippen LogP contribution in [0.15, 0.2) is 70.5 Å². The molecule has 9 heteroatoms. The van der Waals surface area contributed by atoms with E-state index in [2.05, 4.69) is 52.0 Å². The minimum Gasteiger partial charge on any atom is -0.744 e. The molecule has 0 aliphatic carbocycles. The number of aryl methyl sites for hydroxylation is 4. The molecule has 6 nitrogen and oxygen atoms in total. The van der Waals surface area contributed by atoms with Crippen molar-refractivity contribution in [1.82, 2.24) is 0 Å². The average Bonchev–Trinajstić information content (AvgIpc) is 3.21. The van der Waals surface area contributed by atoms with Crippen molar-refractivity contribution in [3.63, 3.8) is 0 Å². The molecule has 0 amide bonds. The largest absolute Gasteiger partial charge is 2.00 e. The monoisotopic (exact) mass is 1000 g/mol. The van der Waals surface area contributed by atoms with Crippen LogP contribution in [0.1, 0.15) is 204 Å². The van der Waals surface area contributed by atoms with Gasteiger partial charge in [-0.3, -0.25) is 0 Å². The van der Waals surface area contributed by atoms with Crippen LogP contribution in [0.2, 0.25) is 0 Å². The molecule has 0 aliphatic heterocycles. The fraction of sp³-hybridized carbons (Fsp3) is 0.615. The summed E-state index contributed by atoms with van der Waals surface area (Å²) >= 11 is 0. The number of hydrogen-bond donors (Lipinski definition) is 0. The Balaban J connectivity index is 0.000000413. The molecule has 0 atom stereocenters. The smallest absolute Gasteiger partial charge is 0.744 e. The van der Waals surface area contributed by atoms with E-state index in [1.807, 2.05) is 24.3 Å². The summed E-state index contributed by atoms with van der Waals surface area (Å²) in [7, 11) is -8.97. The van der Waals surface area contributed by atoms with Crippen molar-refractivity contribution in [2.75, 3.05) is 0 Å². The average molecular weight is 1000 g/mol. The van der Waals surface area contributed by atoms with Crippen molar-refractivity contribution in [2.45, 2.75) is 217 Å². The number of benzene rings is 4. The summed E-state index contributed by atoms with van der Waals surface area (Å²) in [6.45, 7) is 8.87. The number of hydrogen-bond acceptors (Lipinski definition) is 6. The minimum absolute atomic E-state index is 0. The van der Waals surface area contributed by atoms with Gasteiger partial charge in [0.2, 0.25) is 0 Å². The molecular formula is C52H78BaO6S2. The zero-order chi connectivity index (χ0) is 43.6. The first-order valence-corrected chi connectivity index (χ1v) is 26.8. The molecule has 0 bridgehead atoms. The molecule has 0 spiro atoms. The maximum atomic E-state index is 11.9. The molecule has 0 unspecified atom stereocenters. The summed E-state index contributed by atoms with van der Waals surface area (Å²) in [6.07, 6.45) is 33.1. The van der Waals surface area contributed by atoms with Gasteiger partial charge in [0.1, 0.15) is 20.2 Å².